The van der Waals surface area contributed by atoms with Crippen LogP contribution in [0.4, 0.5) is 9.18 Å². The van der Waals surface area contributed by atoms with E-state index in [2.05, 4.69) is 4.98 Å². The van der Waals surface area contributed by atoms with Gasteiger partial charge < -0.3 is 19.6 Å². The van der Waals surface area contributed by atoms with Gasteiger partial charge in [0.25, 0.3) is 5.56 Å². The maximum absolute atomic E-state index is 13.2. The summed E-state index contributed by atoms with van der Waals surface area (Å²) in [4.78, 5) is 37.5. The van der Waals surface area contributed by atoms with Crippen LogP contribution in [0.3, 0.4) is 0 Å². The fourth-order valence-corrected chi connectivity index (χ4v) is 2.91. The fourth-order valence-electron chi connectivity index (χ4n) is 2.91. The summed E-state index contributed by atoms with van der Waals surface area (Å²) in [7, 11) is 1.39. The zero-order valence-corrected chi connectivity index (χ0v) is 16.8. The van der Waals surface area contributed by atoms with Crippen LogP contribution in [0.2, 0.25) is 0 Å². The van der Waals surface area contributed by atoms with E-state index in [1.807, 2.05) is 0 Å². The van der Waals surface area contributed by atoms with E-state index in [-0.39, 0.29) is 11.3 Å². The number of carboxylic acids is 1. The van der Waals surface area contributed by atoms with Crippen molar-refractivity contribution in [3.8, 4) is 5.75 Å². The SMILES string of the molecule is CC(C)(C)OC(=O)N1CCCC1C(=O)O.COc1cc2cc[nH]c(=O)c2cc1F. The Balaban J connectivity index is 0.000000207. The molecule has 8 nitrogen and oxygen atoms in total. The summed E-state index contributed by atoms with van der Waals surface area (Å²) in [5.74, 6) is -1.35. The Morgan fingerprint density at radius 1 is 1.31 bits per heavy atom. The summed E-state index contributed by atoms with van der Waals surface area (Å²) in [5, 5.41) is 9.87. The molecule has 3 rings (SSSR count). The Bertz CT molecular complexity index is 950. The molecular weight excluding hydrogens is 383 g/mol. The smallest absolute Gasteiger partial charge is 0.411 e. The van der Waals surface area contributed by atoms with Crippen LogP contribution >= 0.6 is 0 Å². The van der Waals surface area contributed by atoms with E-state index in [0.717, 1.165) is 6.42 Å². The van der Waals surface area contributed by atoms with E-state index in [1.54, 1.807) is 26.8 Å². The molecule has 1 unspecified atom stereocenters. The molecule has 158 valence electrons. The third-order valence-electron chi connectivity index (χ3n) is 4.21. The number of carbonyl (C=O) groups is 2. The fraction of sp³-hybridized carbons (Fsp3) is 0.450. The third kappa shape index (κ3) is 5.69. The summed E-state index contributed by atoms with van der Waals surface area (Å²) >= 11 is 0. The largest absolute Gasteiger partial charge is 0.494 e. The van der Waals surface area contributed by atoms with Gasteiger partial charge in [0.05, 0.1) is 12.5 Å². The van der Waals surface area contributed by atoms with E-state index in [9.17, 15) is 18.8 Å². The molecule has 1 saturated heterocycles. The number of ether oxygens (including phenoxy) is 2. The summed E-state index contributed by atoms with van der Waals surface area (Å²) in [6.07, 6.45) is 2.21. The van der Waals surface area contributed by atoms with Gasteiger partial charge in [-0.3, -0.25) is 9.69 Å². The van der Waals surface area contributed by atoms with Crippen LogP contribution in [0.25, 0.3) is 10.8 Å². The number of likely N-dealkylation sites (tertiary alicyclic amines) is 1. The summed E-state index contributed by atoms with van der Waals surface area (Å²) < 4.78 is 23.2. The number of H-pyrrole nitrogens is 1. The Morgan fingerprint density at radius 3 is 2.59 bits per heavy atom. The topological polar surface area (TPSA) is 109 Å². The van der Waals surface area contributed by atoms with E-state index >= 15 is 0 Å². The van der Waals surface area contributed by atoms with Gasteiger partial charge >= 0.3 is 12.1 Å². The number of benzene rings is 1. The molecule has 1 aromatic heterocycles. The van der Waals surface area contributed by atoms with E-state index in [4.69, 9.17) is 14.6 Å². The van der Waals surface area contributed by atoms with Crippen LogP contribution in [0, 0.1) is 5.82 Å². The normalized spacial score (nSPS) is 16.2. The molecule has 1 aromatic carbocycles. The van der Waals surface area contributed by atoms with Gasteiger partial charge in [0, 0.05) is 12.7 Å². The summed E-state index contributed by atoms with van der Waals surface area (Å²) in [5.41, 5.74) is -0.882. The highest BCUT2D eigenvalue weighted by Gasteiger charge is 2.36. The minimum Gasteiger partial charge on any atom is -0.494 e. The molecular formula is C20H25FN2O6. The second-order valence-electron chi connectivity index (χ2n) is 7.55. The van der Waals surface area contributed by atoms with Crippen molar-refractivity contribution in [1.29, 1.82) is 0 Å². The molecule has 2 aromatic rings. The molecule has 1 atom stereocenters. The predicted molar refractivity (Wildman–Crippen MR) is 105 cm³/mol. The van der Waals surface area contributed by atoms with Crippen molar-refractivity contribution in [3.63, 3.8) is 0 Å². The number of carbonyl (C=O) groups excluding carboxylic acids is 1. The first-order valence-corrected chi connectivity index (χ1v) is 9.11. The lowest BCUT2D eigenvalue weighted by Gasteiger charge is -2.26. The first-order valence-electron chi connectivity index (χ1n) is 9.11. The number of methoxy groups -OCH3 is 1. The molecule has 9 heteroatoms. The quantitative estimate of drug-likeness (QED) is 0.790. The first-order chi connectivity index (χ1) is 13.5. The maximum Gasteiger partial charge on any atom is 0.411 e. The standard InChI is InChI=1S/C10H8FNO2.C10H17NO4/c1-14-9-4-6-2-3-12-10(13)7(6)5-8(9)11;1-10(2,3)15-9(14)11-6-4-5-7(11)8(12)13/h2-5H,1H3,(H,12,13);7H,4-6H2,1-3H3,(H,12,13). The summed E-state index contributed by atoms with van der Waals surface area (Å²) in [6, 6.07) is 3.64. The van der Waals surface area contributed by atoms with Crippen LogP contribution in [0.15, 0.2) is 29.2 Å². The Kier molecular flexibility index (Phi) is 6.84. The van der Waals surface area contributed by atoms with Crippen molar-refractivity contribution in [2.45, 2.75) is 45.3 Å². The molecule has 1 aliphatic rings. The summed E-state index contributed by atoms with van der Waals surface area (Å²) in [6.45, 7) is 5.75. The third-order valence-corrected chi connectivity index (χ3v) is 4.21. The Morgan fingerprint density at radius 2 is 2.00 bits per heavy atom. The van der Waals surface area contributed by atoms with Crippen LogP contribution in [0.5, 0.6) is 5.75 Å². The van der Waals surface area contributed by atoms with Crippen molar-refractivity contribution < 1.29 is 28.6 Å². The number of rotatable bonds is 2. The monoisotopic (exact) mass is 408 g/mol. The van der Waals surface area contributed by atoms with Crippen LogP contribution < -0.4 is 10.3 Å². The molecule has 0 radical (unpaired) electrons. The minimum atomic E-state index is -0.960. The number of amides is 1. The van der Waals surface area contributed by atoms with Crippen molar-refractivity contribution >= 4 is 22.8 Å². The zero-order chi connectivity index (χ0) is 21.8. The lowest BCUT2D eigenvalue weighted by Crippen LogP contribution is -2.43. The predicted octanol–water partition coefficient (Wildman–Crippen LogP) is 3.15. The molecule has 1 aliphatic heterocycles. The van der Waals surface area contributed by atoms with Crippen molar-refractivity contribution in [2.24, 2.45) is 0 Å². The molecule has 1 fully saturated rings. The van der Waals surface area contributed by atoms with Gasteiger partial charge in [-0.2, -0.15) is 0 Å². The molecule has 0 spiro atoms. The number of pyridine rings is 1. The minimum absolute atomic E-state index is 0.142. The van der Waals surface area contributed by atoms with Gasteiger partial charge in [0.2, 0.25) is 0 Å². The molecule has 1 amide bonds. The van der Waals surface area contributed by atoms with Crippen molar-refractivity contribution in [1.82, 2.24) is 9.88 Å². The number of nitrogens with one attached hydrogen (secondary N) is 1. The number of hydrogen-bond donors (Lipinski definition) is 2. The van der Waals surface area contributed by atoms with Gasteiger partial charge in [-0.15, -0.1) is 0 Å². The van der Waals surface area contributed by atoms with Crippen LogP contribution in [-0.4, -0.2) is 52.4 Å². The zero-order valence-electron chi connectivity index (χ0n) is 16.8. The second kappa shape index (κ2) is 8.93. The Labute approximate surface area is 167 Å². The Hall–Kier alpha value is -3.10. The number of hydrogen-bond acceptors (Lipinski definition) is 5. The van der Waals surface area contributed by atoms with Gasteiger partial charge in [-0.25, -0.2) is 14.0 Å². The molecule has 0 aliphatic carbocycles. The number of halogens is 1. The lowest BCUT2D eigenvalue weighted by molar-refractivity contribution is -0.142. The average Bonchev–Trinajstić information content (AvgIpc) is 3.11. The molecule has 0 bridgehead atoms. The van der Waals surface area contributed by atoms with Crippen molar-refractivity contribution in [2.75, 3.05) is 13.7 Å². The van der Waals surface area contributed by atoms with E-state index in [1.165, 1.54) is 30.3 Å². The van der Waals surface area contributed by atoms with Crippen molar-refractivity contribution in [3.05, 3.63) is 40.6 Å². The first kappa shape index (κ1) is 22.2. The van der Waals surface area contributed by atoms with E-state index < -0.39 is 29.5 Å². The van der Waals surface area contributed by atoms with Crippen LogP contribution in [-0.2, 0) is 9.53 Å². The van der Waals surface area contributed by atoms with Gasteiger partial charge in [0.1, 0.15) is 11.6 Å². The number of aliphatic carboxylic acids is 1. The number of fused-ring (bicyclic) bond motifs is 1. The highest BCUT2D eigenvalue weighted by Crippen LogP contribution is 2.22. The number of carboxylic acid groups (broad SMARTS) is 1. The van der Waals surface area contributed by atoms with Gasteiger partial charge in [-0.1, -0.05) is 0 Å². The average molecular weight is 408 g/mol. The second-order valence-corrected chi connectivity index (χ2v) is 7.55. The molecule has 0 saturated carbocycles. The lowest BCUT2D eigenvalue weighted by atomic mass is 10.1. The number of aromatic nitrogens is 1. The highest BCUT2D eigenvalue weighted by atomic mass is 19.1. The highest BCUT2D eigenvalue weighted by molar-refractivity contribution is 5.83. The molecule has 2 N–H and O–H groups in total. The molecule has 29 heavy (non-hydrogen) atoms. The maximum atomic E-state index is 13.2. The number of aromatic amines is 1. The van der Waals surface area contributed by atoms with Gasteiger partial charge in [0.15, 0.2) is 11.6 Å². The molecule has 2 heterocycles. The number of nitrogens with zero attached hydrogens (tertiary/aromatic N) is 1. The van der Waals surface area contributed by atoms with Gasteiger partial charge in [-0.05, 0) is 57.2 Å². The van der Waals surface area contributed by atoms with E-state index in [0.29, 0.717) is 23.7 Å². The van der Waals surface area contributed by atoms with Crippen LogP contribution in [0.1, 0.15) is 33.6 Å².